The summed E-state index contributed by atoms with van der Waals surface area (Å²) in [6.07, 6.45) is 66.5. The zero-order valence-corrected chi connectivity index (χ0v) is 55.9. The van der Waals surface area contributed by atoms with E-state index in [0.29, 0.717) is 12.3 Å². The van der Waals surface area contributed by atoms with E-state index in [0.717, 1.165) is 141 Å². The Morgan fingerprint density at radius 3 is 0.613 bits per heavy atom. The number of phosphoric ester groups is 1. The molecule has 2 N–H and O–H groups in total. The Morgan fingerprint density at radius 2 is 0.450 bits per heavy atom. The van der Waals surface area contributed by atoms with Gasteiger partial charge in [-0.1, -0.05) is 170 Å². The molecule has 0 rings (SSSR count). The summed E-state index contributed by atoms with van der Waals surface area (Å²) < 4.78 is 15.4. The van der Waals surface area contributed by atoms with Crippen molar-refractivity contribution in [3.05, 3.63) is 163 Å². The third-order valence-electron chi connectivity index (χ3n) is 15.5. The molecule has 0 aliphatic carbocycles. The summed E-state index contributed by atoms with van der Waals surface area (Å²) in [6.45, 7) is 36.3. The molecule has 5 heteroatoms. The van der Waals surface area contributed by atoms with Crippen LogP contribution in [0.1, 0.15) is 297 Å². The van der Waals surface area contributed by atoms with Crippen LogP contribution in [0.25, 0.3) is 0 Å². The first-order valence-corrected chi connectivity index (χ1v) is 33.3. The molecule has 0 fully saturated rings. The van der Waals surface area contributed by atoms with E-state index in [9.17, 15) is 4.57 Å². The Balaban J connectivity index is 4.31. The number of allylic oxidation sites excluding steroid dienone is 28. The summed E-state index contributed by atoms with van der Waals surface area (Å²) in [5.74, 6) is 0.374. The van der Waals surface area contributed by atoms with Crippen LogP contribution in [-0.2, 0) is 9.09 Å². The highest BCUT2D eigenvalue weighted by molar-refractivity contribution is 7.46. The fourth-order valence-corrected chi connectivity index (χ4v) is 9.94. The lowest BCUT2D eigenvalue weighted by atomic mass is 10.0. The van der Waals surface area contributed by atoms with Crippen molar-refractivity contribution in [3.8, 4) is 0 Å². The molecule has 0 bridgehead atoms. The average Bonchev–Trinajstić information content (AvgIpc) is 3.36. The second kappa shape index (κ2) is 48.9. The normalized spacial score (nSPS) is 15.4. The fourth-order valence-electron chi connectivity index (χ4n) is 9.60. The Morgan fingerprint density at radius 1 is 0.287 bits per heavy atom. The molecule has 1 atom stereocenters. The summed E-state index contributed by atoms with van der Waals surface area (Å²) in [4.78, 5) is 17.7. The first-order valence-electron chi connectivity index (χ1n) is 31.8. The number of hydrogen-bond acceptors (Lipinski definition) is 2. The van der Waals surface area contributed by atoms with Crippen LogP contribution < -0.4 is 0 Å². The predicted octanol–water partition coefficient (Wildman–Crippen LogP) is 25.3. The Hall–Kier alpha value is -3.53. The smallest absolute Gasteiger partial charge is 0.303 e. The van der Waals surface area contributed by atoms with Gasteiger partial charge in [-0.3, -0.25) is 4.52 Å². The Kier molecular flexibility index (Phi) is 46.8. The van der Waals surface area contributed by atoms with Crippen LogP contribution in [0.5, 0.6) is 0 Å². The molecular formula is C75H125O4P. The molecule has 0 aliphatic heterocycles. The highest BCUT2D eigenvalue weighted by atomic mass is 31.2. The predicted molar refractivity (Wildman–Crippen MR) is 359 cm³/mol. The summed E-state index contributed by atoms with van der Waals surface area (Å²) in [5, 5.41) is 0. The quantitative estimate of drug-likeness (QED) is 0.0471. The van der Waals surface area contributed by atoms with E-state index >= 15 is 0 Å². The molecule has 80 heavy (non-hydrogen) atoms. The van der Waals surface area contributed by atoms with Crippen molar-refractivity contribution in [1.82, 2.24) is 0 Å². The van der Waals surface area contributed by atoms with Crippen molar-refractivity contribution in [3.63, 3.8) is 0 Å². The minimum atomic E-state index is -4.36. The van der Waals surface area contributed by atoms with Crippen LogP contribution in [-0.4, -0.2) is 16.4 Å². The fraction of sp³-hybridized carbons (Fsp3) is 0.627. The SMILES string of the molecule is CC(C)=CCC/C(C)=C/CC/C(C)=C/CC/C(C)=C\CC/C(C)=C\CC/C(C)=C\CC/C(C)=C\CC/C(C)=C\CC/C(C)=C\CC/C(C)=C\CC/C(C)=C\CC/C(C)=C\CC/C(C)=C\CC/C(C)=C\CCC(C)CCOP(=O)(O)O. The highest BCUT2D eigenvalue weighted by Gasteiger charge is 2.14. The molecule has 0 spiro atoms. The third kappa shape index (κ3) is 52.5. The Labute approximate surface area is 496 Å². The molecule has 0 aliphatic rings. The van der Waals surface area contributed by atoms with Crippen LogP contribution in [0, 0.1) is 5.92 Å². The first kappa shape index (κ1) is 76.5. The summed E-state index contributed by atoms with van der Waals surface area (Å²) in [5.41, 5.74) is 21.0. The van der Waals surface area contributed by atoms with Crippen molar-refractivity contribution in [1.29, 1.82) is 0 Å². The molecule has 0 amide bonds. The van der Waals surface area contributed by atoms with E-state index in [4.69, 9.17) is 9.79 Å². The van der Waals surface area contributed by atoms with Gasteiger partial charge in [-0.15, -0.1) is 0 Å². The van der Waals surface area contributed by atoms with Gasteiger partial charge in [0.05, 0.1) is 6.61 Å². The highest BCUT2D eigenvalue weighted by Crippen LogP contribution is 2.36. The lowest BCUT2D eigenvalue weighted by molar-refractivity contribution is 0.185. The van der Waals surface area contributed by atoms with Gasteiger partial charge >= 0.3 is 7.82 Å². The molecule has 1 unspecified atom stereocenters. The van der Waals surface area contributed by atoms with Crippen molar-refractivity contribution >= 4 is 7.82 Å². The monoisotopic (exact) mass is 1120 g/mol. The van der Waals surface area contributed by atoms with Crippen LogP contribution in [0.3, 0.4) is 0 Å². The molecule has 0 radical (unpaired) electrons. The first-order chi connectivity index (χ1) is 37.9. The largest absolute Gasteiger partial charge is 0.469 e. The van der Waals surface area contributed by atoms with Crippen molar-refractivity contribution in [2.75, 3.05) is 6.61 Å². The molecule has 0 aromatic heterocycles. The second-order valence-corrected chi connectivity index (χ2v) is 26.0. The number of hydrogen-bond donors (Lipinski definition) is 2. The van der Waals surface area contributed by atoms with E-state index in [1.807, 2.05) is 0 Å². The third-order valence-corrected chi connectivity index (χ3v) is 16.0. The summed E-state index contributed by atoms with van der Waals surface area (Å²) >= 11 is 0. The van der Waals surface area contributed by atoms with Gasteiger partial charge in [-0.2, -0.15) is 0 Å². The minimum absolute atomic E-state index is 0.105. The summed E-state index contributed by atoms with van der Waals surface area (Å²) in [6, 6.07) is 0. The minimum Gasteiger partial charge on any atom is -0.303 e. The van der Waals surface area contributed by atoms with Gasteiger partial charge in [0.15, 0.2) is 0 Å². The van der Waals surface area contributed by atoms with Gasteiger partial charge in [0.2, 0.25) is 0 Å². The number of rotatable bonds is 46. The Bertz CT molecular complexity index is 2200. The van der Waals surface area contributed by atoms with E-state index in [2.05, 4.69) is 200 Å². The van der Waals surface area contributed by atoms with E-state index in [-0.39, 0.29) is 6.61 Å². The maximum absolute atomic E-state index is 10.8. The zero-order valence-electron chi connectivity index (χ0n) is 55.0. The van der Waals surface area contributed by atoms with Crippen LogP contribution in [0.2, 0.25) is 0 Å². The molecule has 4 nitrogen and oxygen atoms in total. The maximum atomic E-state index is 10.8. The van der Waals surface area contributed by atoms with Gasteiger partial charge in [0.1, 0.15) is 0 Å². The molecule has 0 saturated heterocycles. The zero-order chi connectivity index (χ0) is 60.0. The van der Waals surface area contributed by atoms with Crippen molar-refractivity contribution < 1.29 is 18.9 Å². The standard InChI is InChI=1S/C75H125O4P/c1-61(2)31-17-32-62(3)33-18-34-63(4)35-19-36-64(5)37-20-38-65(6)39-21-40-66(7)41-22-42-67(8)43-23-44-68(9)45-24-46-69(10)47-25-48-70(11)49-26-50-71(12)51-27-52-72(13)53-28-54-73(14)55-29-56-74(15)57-30-58-75(16)59-60-79-80(76,77)78/h31,33,35,37,39,41,43,45,47,49,51,53,55,57,75H,17-30,32,34,36,38,40,42,44,46,48,50,52,54,56,58-60H2,1-16H3,(H2,76,77,78)/b62-33+,63-35+,64-37-,65-39-,66-41-,67-43-,68-45-,69-47-,70-49-,71-51-,72-53-,73-55-,74-57-. The molecular weight excluding hydrogens is 996 g/mol. The van der Waals surface area contributed by atoms with E-state index in [1.165, 1.54) is 117 Å². The molecule has 0 saturated carbocycles. The number of phosphoric acid groups is 1. The van der Waals surface area contributed by atoms with Crippen LogP contribution >= 0.6 is 7.82 Å². The van der Waals surface area contributed by atoms with Gasteiger partial charge in [-0.25, -0.2) is 4.57 Å². The van der Waals surface area contributed by atoms with Crippen molar-refractivity contribution in [2.45, 2.75) is 297 Å². The second-order valence-electron chi connectivity index (χ2n) is 24.7. The van der Waals surface area contributed by atoms with Gasteiger partial charge in [0.25, 0.3) is 0 Å². The molecule has 0 aromatic rings. The molecule has 0 heterocycles. The van der Waals surface area contributed by atoms with Gasteiger partial charge in [-0.05, 0) is 296 Å². The van der Waals surface area contributed by atoms with Crippen LogP contribution in [0.15, 0.2) is 163 Å². The topological polar surface area (TPSA) is 66.8 Å². The maximum Gasteiger partial charge on any atom is 0.469 e. The molecule has 454 valence electrons. The molecule has 0 aromatic carbocycles. The average molecular weight is 1120 g/mol. The van der Waals surface area contributed by atoms with E-state index in [1.54, 1.807) is 0 Å². The van der Waals surface area contributed by atoms with Gasteiger partial charge < -0.3 is 9.79 Å². The summed E-state index contributed by atoms with van der Waals surface area (Å²) in [7, 11) is -4.36. The van der Waals surface area contributed by atoms with E-state index < -0.39 is 7.82 Å². The van der Waals surface area contributed by atoms with Crippen molar-refractivity contribution in [2.24, 2.45) is 5.92 Å². The lowest BCUT2D eigenvalue weighted by Crippen LogP contribution is -2.00. The van der Waals surface area contributed by atoms with Crippen LogP contribution in [0.4, 0.5) is 0 Å². The lowest BCUT2D eigenvalue weighted by Gasteiger charge is -2.11. The van der Waals surface area contributed by atoms with Gasteiger partial charge in [0, 0.05) is 0 Å².